The van der Waals surface area contributed by atoms with Crippen LogP contribution >= 0.6 is 0 Å². The summed E-state index contributed by atoms with van der Waals surface area (Å²) in [6.45, 7) is 0.503. The van der Waals surface area contributed by atoms with E-state index >= 15 is 0 Å². The highest BCUT2D eigenvalue weighted by Crippen LogP contribution is 2.12. The monoisotopic (exact) mass is 273 g/mol. The van der Waals surface area contributed by atoms with Crippen molar-refractivity contribution < 1.29 is 4.39 Å². The molecule has 3 aromatic rings. The summed E-state index contributed by atoms with van der Waals surface area (Å²) in [7, 11) is 1.80. The molecule has 1 aromatic carbocycles. The van der Waals surface area contributed by atoms with Crippen LogP contribution in [0.15, 0.2) is 35.3 Å². The molecule has 2 N–H and O–H groups in total. The summed E-state index contributed by atoms with van der Waals surface area (Å²) in [6.07, 6.45) is 1.44. The molecule has 2 aromatic heterocycles. The molecular weight excluding hydrogens is 261 g/mol. The van der Waals surface area contributed by atoms with E-state index in [0.29, 0.717) is 23.5 Å². The topological polar surface area (TPSA) is 77.7 Å². The molecular formula is C13H12FN5O. The fraction of sp³-hybridized carbons (Fsp3) is 0.154. The molecule has 6 nitrogen and oxygen atoms in total. The number of H-pyrrole nitrogens is 2. The predicted octanol–water partition coefficient (Wildman–Crippen LogP) is 1.42. The van der Waals surface area contributed by atoms with Gasteiger partial charge in [0.05, 0.1) is 6.20 Å². The second-order valence-electron chi connectivity index (χ2n) is 4.50. The SMILES string of the molecule is CN(Cc1ccc(F)cc1)c1nc2[nH]ncc2c(=O)[nH]1. The number of hydrogen-bond donors (Lipinski definition) is 2. The first-order valence-electron chi connectivity index (χ1n) is 6.02. The number of nitrogens with one attached hydrogen (secondary N) is 2. The molecule has 102 valence electrons. The molecule has 2 heterocycles. The lowest BCUT2D eigenvalue weighted by molar-refractivity contribution is 0.627. The van der Waals surface area contributed by atoms with Crippen LogP contribution in [0.25, 0.3) is 11.0 Å². The first-order chi connectivity index (χ1) is 9.63. The Bertz CT molecular complexity index is 792. The maximum Gasteiger partial charge on any atom is 0.263 e. The van der Waals surface area contributed by atoms with Crippen LogP contribution in [0, 0.1) is 5.82 Å². The molecule has 0 bridgehead atoms. The maximum atomic E-state index is 12.9. The Morgan fingerprint density at radius 1 is 1.30 bits per heavy atom. The third-order valence-corrected chi connectivity index (χ3v) is 3.00. The van der Waals surface area contributed by atoms with Gasteiger partial charge in [-0.3, -0.25) is 14.9 Å². The normalized spacial score (nSPS) is 10.9. The largest absolute Gasteiger partial charge is 0.341 e. The van der Waals surface area contributed by atoms with Crippen molar-refractivity contribution in [2.75, 3.05) is 11.9 Å². The minimum atomic E-state index is -0.276. The number of hydrogen-bond acceptors (Lipinski definition) is 4. The molecule has 0 saturated heterocycles. The van der Waals surface area contributed by atoms with Crippen LogP contribution in [-0.2, 0) is 6.54 Å². The molecule has 0 atom stereocenters. The molecule has 0 radical (unpaired) electrons. The molecule has 0 spiro atoms. The van der Waals surface area contributed by atoms with E-state index in [0.717, 1.165) is 5.56 Å². The van der Waals surface area contributed by atoms with Gasteiger partial charge in [-0.25, -0.2) is 4.39 Å². The Hall–Kier alpha value is -2.70. The van der Waals surface area contributed by atoms with Gasteiger partial charge in [-0.05, 0) is 17.7 Å². The number of benzene rings is 1. The first-order valence-corrected chi connectivity index (χ1v) is 6.02. The minimum absolute atomic E-state index is 0.246. The van der Waals surface area contributed by atoms with Gasteiger partial charge in [-0.2, -0.15) is 10.1 Å². The van der Waals surface area contributed by atoms with E-state index in [4.69, 9.17) is 0 Å². The number of aromatic nitrogens is 4. The Kier molecular flexibility index (Phi) is 2.94. The fourth-order valence-corrected chi connectivity index (χ4v) is 1.95. The van der Waals surface area contributed by atoms with Crippen LogP contribution in [0.5, 0.6) is 0 Å². The molecule has 20 heavy (non-hydrogen) atoms. The molecule has 0 aliphatic carbocycles. The van der Waals surface area contributed by atoms with Crippen molar-refractivity contribution in [1.82, 2.24) is 20.2 Å². The lowest BCUT2D eigenvalue weighted by Crippen LogP contribution is -2.22. The third-order valence-electron chi connectivity index (χ3n) is 3.00. The summed E-state index contributed by atoms with van der Waals surface area (Å²) in [5.74, 6) is 0.151. The predicted molar refractivity (Wildman–Crippen MR) is 73.0 cm³/mol. The zero-order chi connectivity index (χ0) is 14.1. The van der Waals surface area contributed by atoms with Gasteiger partial charge in [-0.1, -0.05) is 12.1 Å². The van der Waals surface area contributed by atoms with Crippen molar-refractivity contribution >= 4 is 17.0 Å². The summed E-state index contributed by atoms with van der Waals surface area (Å²) < 4.78 is 12.9. The van der Waals surface area contributed by atoms with E-state index < -0.39 is 0 Å². The van der Waals surface area contributed by atoms with Crippen molar-refractivity contribution in [3.05, 3.63) is 52.2 Å². The van der Waals surface area contributed by atoms with E-state index in [-0.39, 0.29) is 11.4 Å². The molecule has 0 aliphatic rings. The molecule has 0 amide bonds. The van der Waals surface area contributed by atoms with Crippen molar-refractivity contribution in [1.29, 1.82) is 0 Å². The van der Waals surface area contributed by atoms with Gasteiger partial charge in [0.25, 0.3) is 5.56 Å². The van der Waals surface area contributed by atoms with Gasteiger partial charge < -0.3 is 4.90 Å². The van der Waals surface area contributed by atoms with Crippen LogP contribution in [0.1, 0.15) is 5.56 Å². The van der Waals surface area contributed by atoms with E-state index in [1.54, 1.807) is 24.1 Å². The molecule has 0 aliphatic heterocycles. The van der Waals surface area contributed by atoms with Crippen LogP contribution in [0.4, 0.5) is 10.3 Å². The molecule has 3 rings (SSSR count). The van der Waals surface area contributed by atoms with Crippen LogP contribution in [0.3, 0.4) is 0 Å². The first kappa shape index (κ1) is 12.3. The average Bonchev–Trinajstić information content (AvgIpc) is 2.90. The zero-order valence-corrected chi connectivity index (χ0v) is 10.7. The second-order valence-corrected chi connectivity index (χ2v) is 4.50. The van der Waals surface area contributed by atoms with Crippen LogP contribution < -0.4 is 10.5 Å². The third kappa shape index (κ3) is 2.25. The van der Waals surface area contributed by atoms with Gasteiger partial charge in [0.1, 0.15) is 11.2 Å². The summed E-state index contributed by atoms with van der Waals surface area (Å²) in [5, 5.41) is 6.88. The number of anilines is 1. The van der Waals surface area contributed by atoms with Gasteiger partial charge in [0.2, 0.25) is 5.95 Å². The van der Waals surface area contributed by atoms with E-state index in [2.05, 4.69) is 20.2 Å². The van der Waals surface area contributed by atoms with E-state index in [1.807, 2.05) is 0 Å². The lowest BCUT2D eigenvalue weighted by Gasteiger charge is -2.17. The number of fused-ring (bicyclic) bond motifs is 1. The van der Waals surface area contributed by atoms with Gasteiger partial charge in [0.15, 0.2) is 5.65 Å². The highest BCUT2D eigenvalue weighted by atomic mass is 19.1. The van der Waals surface area contributed by atoms with Crippen molar-refractivity contribution in [3.8, 4) is 0 Å². The zero-order valence-electron chi connectivity index (χ0n) is 10.7. The number of aromatic amines is 2. The Balaban J connectivity index is 1.90. The molecule has 0 unspecified atom stereocenters. The van der Waals surface area contributed by atoms with Crippen LogP contribution in [0.2, 0.25) is 0 Å². The average molecular weight is 273 g/mol. The van der Waals surface area contributed by atoms with Gasteiger partial charge in [0, 0.05) is 13.6 Å². The highest BCUT2D eigenvalue weighted by molar-refractivity contribution is 5.73. The minimum Gasteiger partial charge on any atom is -0.341 e. The summed E-state index contributed by atoms with van der Waals surface area (Å²) >= 11 is 0. The number of nitrogens with zero attached hydrogens (tertiary/aromatic N) is 3. The van der Waals surface area contributed by atoms with Gasteiger partial charge in [-0.15, -0.1) is 0 Å². The molecule has 7 heteroatoms. The summed E-state index contributed by atoms with van der Waals surface area (Å²) in [6, 6.07) is 6.19. The number of rotatable bonds is 3. The second kappa shape index (κ2) is 4.76. The smallest absolute Gasteiger partial charge is 0.263 e. The van der Waals surface area contributed by atoms with Crippen molar-refractivity contribution in [2.24, 2.45) is 0 Å². The summed E-state index contributed by atoms with van der Waals surface area (Å²) in [4.78, 5) is 20.6. The quantitative estimate of drug-likeness (QED) is 0.756. The lowest BCUT2D eigenvalue weighted by atomic mass is 10.2. The summed E-state index contributed by atoms with van der Waals surface area (Å²) in [5.41, 5.74) is 1.11. The van der Waals surface area contributed by atoms with Gasteiger partial charge >= 0.3 is 0 Å². The van der Waals surface area contributed by atoms with Crippen LogP contribution in [-0.4, -0.2) is 27.2 Å². The molecule has 0 fully saturated rings. The Morgan fingerprint density at radius 2 is 2.05 bits per heavy atom. The fourth-order valence-electron chi connectivity index (χ4n) is 1.95. The maximum absolute atomic E-state index is 12.9. The Labute approximate surface area is 113 Å². The number of halogens is 1. The van der Waals surface area contributed by atoms with E-state index in [9.17, 15) is 9.18 Å². The van der Waals surface area contributed by atoms with Crippen molar-refractivity contribution in [2.45, 2.75) is 6.54 Å². The van der Waals surface area contributed by atoms with E-state index in [1.165, 1.54) is 18.3 Å². The standard InChI is InChI=1S/C13H12FN5O/c1-19(7-8-2-4-9(14)5-3-8)13-16-11-10(6-15-18-11)12(20)17-13/h2-6H,7H2,1H3,(H2,15,16,17,18,20). The molecule has 0 saturated carbocycles. The Morgan fingerprint density at radius 3 is 2.80 bits per heavy atom. The highest BCUT2D eigenvalue weighted by Gasteiger charge is 2.09. The van der Waals surface area contributed by atoms with Crippen molar-refractivity contribution in [3.63, 3.8) is 0 Å².